The summed E-state index contributed by atoms with van der Waals surface area (Å²) in [4.78, 5) is 21.0. The number of nitrogens with zero attached hydrogens (tertiary/aromatic N) is 2. The smallest absolute Gasteiger partial charge is 0.412 e. The number of carbonyl (C=O) groups is 1. The van der Waals surface area contributed by atoms with Gasteiger partial charge in [-0.25, -0.2) is 14.8 Å². The highest BCUT2D eigenvalue weighted by Crippen LogP contribution is 2.34. The van der Waals surface area contributed by atoms with E-state index in [0.717, 1.165) is 37.6 Å². The lowest BCUT2D eigenvalue weighted by molar-refractivity contribution is 0.155. The summed E-state index contributed by atoms with van der Waals surface area (Å²) in [6, 6.07) is 11.5. The average molecular weight is 430 g/mol. The highest BCUT2D eigenvalue weighted by atomic mass is 35.5. The summed E-state index contributed by atoms with van der Waals surface area (Å²) in [7, 11) is 0. The van der Waals surface area contributed by atoms with Gasteiger partial charge in [-0.1, -0.05) is 35.1 Å². The molecule has 2 aromatic carbocycles. The van der Waals surface area contributed by atoms with Crippen LogP contribution >= 0.6 is 34.3 Å². The normalized spacial score (nSPS) is 11.0. The van der Waals surface area contributed by atoms with Gasteiger partial charge in [-0.15, -0.1) is 11.3 Å². The number of aryl methyl sites for hydroxylation is 2. The lowest BCUT2D eigenvalue weighted by Gasteiger charge is -2.06. The van der Waals surface area contributed by atoms with E-state index in [4.69, 9.17) is 16.3 Å². The van der Waals surface area contributed by atoms with Crippen LogP contribution in [0.15, 0.2) is 41.9 Å². The molecule has 2 aromatic heterocycles. The number of halogens is 1. The summed E-state index contributed by atoms with van der Waals surface area (Å²) in [5.41, 5.74) is 6.45. The van der Waals surface area contributed by atoms with Crippen LogP contribution in [0.4, 0.5) is 9.80 Å². The first-order chi connectivity index (χ1) is 13.5. The largest absolute Gasteiger partial charge is 0.444 e. The lowest BCUT2D eigenvalue weighted by Crippen LogP contribution is -2.13. The minimum absolute atomic E-state index is 0.195. The fraction of sp³-hybridized carbons (Fsp3) is 0.150. The zero-order valence-corrected chi connectivity index (χ0v) is 17.5. The van der Waals surface area contributed by atoms with Crippen LogP contribution < -0.4 is 5.32 Å². The molecule has 4 aromatic rings. The zero-order chi connectivity index (χ0) is 19.7. The van der Waals surface area contributed by atoms with E-state index < -0.39 is 6.09 Å². The van der Waals surface area contributed by atoms with Crippen molar-refractivity contribution in [1.29, 1.82) is 0 Å². The molecule has 28 heavy (non-hydrogen) atoms. The minimum Gasteiger partial charge on any atom is -0.444 e. The average Bonchev–Trinajstić information content (AvgIpc) is 3.26. The third kappa shape index (κ3) is 4.01. The van der Waals surface area contributed by atoms with Crippen molar-refractivity contribution < 1.29 is 9.53 Å². The summed E-state index contributed by atoms with van der Waals surface area (Å²) in [5, 5.41) is 4.99. The third-order valence-electron chi connectivity index (χ3n) is 4.20. The molecule has 0 aliphatic carbocycles. The minimum atomic E-state index is -0.504. The maximum atomic E-state index is 12.2. The number of hydrogen-bond donors (Lipinski definition) is 1. The van der Waals surface area contributed by atoms with Crippen molar-refractivity contribution in [2.45, 2.75) is 20.5 Å². The van der Waals surface area contributed by atoms with E-state index in [2.05, 4.69) is 15.3 Å². The summed E-state index contributed by atoms with van der Waals surface area (Å²) < 4.78 is 6.43. The molecule has 0 aliphatic heterocycles. The van der Waals surface area contributed by atoms with E-state index in [1.807, 2.05) is 50.2 Å². The number of carbonyl (C=O) groups excluding carboxylic acids is 1. The van der Waals surface area contributed by atoms with Crippen LogP contribution in [-0.4, -0.2) is 16.1 Å². The van der Waals surface area contributed by atoms with Gasteiger partial charge in [-0.2, -0.15) is 0 Å². The molecule has 1 N–H and O–H groups in total. The van der Waals surface area contributed by atoms with Crippen molar-refractivity contribution in [1.82, 2.24) is 9.97 Å². The molecule has 0 aliphatic rings. The second kappa shape index (κ2) is 7.87. The molecule has 0 saturated carbocycles. The lowest BCUT2D eigenvalue weighted by atomic mass is 10.1. The molecule has 5 nitrogen and oxygen atoms in total. The van der Waals surface area contributed by atoms with E-state index in [1.54, 1.807) is 16.8 Å². The number of hydrogen-bond acceptors (Lipinski definition) is 6. The molecule has 0 atom stereocenters. The first-order valence-corrected chi connectivity index (χ1v) is 10.6. The van der Waals surface area contributed by atoms with Gasteiger partial charge >= 0.3 is 6.09 Å². The molecule has 0 unspecified atom stereocenters. The van der Waals surface area contributed by atoms with Crippen LogP contribution in [-0.2, 0) is 11.3 Å². The van der Waals surface area contributed by atoms with Crippen LogP contribution in [0.2, 0.25) is 5.02 Å². The van der Waals surface area contributed by atoms with E-state index in [-0.39, 0.29) is 6.61 Å². The Morgan fingerprint density at radius 2 is 2.07 bits per heavy atom. The Kier molecular flexibility index (Phi) is 5.30. The Morgan fingerprint density at radius 3 is 2.89 bits per heavy atom. The van der Waals surface area contributed by atoms with Gasteiger partial charge in [0, 0.05) is 10.6 Å². The topological polar surface area (TPSA) is 64.1 Å². The number of fused-ring (bicyclic) bond motifs is 1. The number of amides is 1. The summed E-state index contributed by atoms with van der Waals surface area (Å²) in [6.45, 7) is 4.04. The van der Waals surface area contributed by atoms with Gasteiger partial charge in [-0.3, -0.25) is 5.32 Å². The van der Waals surface area contributed by atoms with Gasteiger partial charge in [0.1, 0.15) is 16.6 Å². The maximum Gasteiger partial charge on any atom is 0.412 e. The summed E-state index contributed by atoms with van der Waals surface area (Å²) in [6.07, 6.45) is -0.504. The fourth-order valence-corrected chi connectivity index (χ4v) is 4.77. The van der Waals surface area contributed by atoms with Crippen molar-refractivity contribution in [2.75, 3.05) is 5.32 Å². The first-order valence-electron chi connectivity index (χ1n) is 8.49. The number of aromatic nitrogens is 2. The Bertz CT molecular complexity index is 1170. The summed E-state index contributed by atoms with van der Waals surface area (Å²) >= 11 is 9.00. The van der Waals surface area contributed by atoms with Crippen molar-refractivity contribution in [2.24, 2.45) is 0 Å². The fourth-order valence-electron chi connectivity index (χ4n) is 2.76. The molecule has 142 valence electrons. The summed E-state index contributed by atoms with van der Waals surface area (Å²) in [5.74, 6) is 0. The van der Waals surface area contributed by atoms with Crippen molar-refractivity contribution in [3.05, 3.63) is 63.8 Å². The molecule has 0 radical (unpaired) electrons. The first kappa shape index (κ1) is 18.9. The number of thiazole rings is 2. The molecule has 4 rings (SSSR count). The van der Waals surface area contributed by atoms with E-state index >= 15 is 0 Å². The predicted octanol–water partition coefficient (Wildman–Crippen LogP) is 6.44. The van der Waals surface area contributed by atoms with E-state index in [9.17, 15) is 4.79 Å². The van der Waals surface area contributed by atoms with Gasteiger partial charge < -0.3 is 4.74 Å². The van der Waals surface area contributed by atoms with Crippen LogP contribution in [0.25, 0.3) is 20.8 Å². The number of ether oxygens (including phenoxy) is 1. The molecular formula is C20H16ClN3O2S2. The third-order valence-corrected chi connectivity index (χ3v) is 6.33. The van der Waals surface area contributed by atoms with Crippen molar-refractivity contribution in [3.63, 3.8) is 0 Å². The molecule has 0 fully saturated rings. The Labute approximate surface area is 175 Å². The van der Waals surface area contributed by atoms with Crippen molar-refractivity contribution in [3.8, 4) is 10.6 Å². The molecule has 2 heterocycles. The van der Waals surface area contributed by atoms with E-state index in [1.165, 1.54) is 11.3 Å². The van der Waals surface area contributed by atoms with Gasteiger partial charge in [0.2, 0.25) is 0 Å². The van der Waals surface area contributed by atoms with Crippen LogP contribution in [0.1, 0.15) is 16.8 Å². The maximum absolute atomic E-state index is 12.2. The number of benzene rings is 2. The molecule has 0 bridgehead atoms. The number of rotatable bonds is 4. The van der Waals surface area contributed by atoms with E-state index in [0.29, 0.717) is 10.0 Å². The van der Waals surface area contributed by atoms with Gasteiger partial charge in [0.15, 0.2) is 0 Å². The second-order valence-electron chi connectivity index (χ2n) is 6.25. The second-order valence-corrected chi connectivity index (χ2v) is 8.57. The quantitative estimate of drug-likeness (QED) is 0.405. The molecule has 1 amide bonds. The standard InChI is InChI=1S/C20H16ClN3O2S2/c1-11-7-14(21)4-5-15(11)19-23-12(2)18(28-19)24-20(25)26-9-13-3-6-16-17(8-13)27-10-22-16/h3-8,10H,9H2,1-2H3,(H,24,25). The van der Waals surface area contributed by atoms with Crippen LogP contribution in [0, 0.1) is 13.8 Å². The molecule has 8 heteroatoms. The Hall–Kier alpha value is -2.48. The predicted molar refractivity (Wildman–Crippen MR) is 115 cm³/mol. The zero-order valence-electron chi connectivity index (χ0n) is 15.2. The van der Waals surface area contributed by atoms with Crippen LogP contribution in [0.5, 0.6) is 0 Å². The van der Waals surface area contributed by atoms with Gasteiger partial charge in [0.25, 0.3) is 0 Å². The Balaban J connectivity index is 1.43. The number of nitrogens with one attached hydrogen (secondary N) is 1. The molecule has 0 saturated heterocycles. The number of anilines is 1. The van der Waals surface area contributed by atoms with Gasteiger partial charge in [0.05, 0.1) is 21.4 Å². The van der Waals surface area contributed by atoms with Crippen LogP contribution in [0.3, 0.4) is 0 Å². The molecule has 0 spiro atoms. The SMILES string of the molecule is Cc1cc(Cl)ccc1-c1nc(C)c(NC(=O)OCc2ccc3ncsc3c2)s1. The molecular weight excluding hydrogens is 414 g/mol. The van der Waals surface area contributed by atoms with Crippen molar-refractivity contribution >= 4 is 55.6 Å². The monoisotopic (exact) mass is 429 g/mol. The highest BCUT2D eigenvalue weighted by Gasteiger charge is 2.14. The Morgan fingerprint density at radius 1 is 1.21 bits per heavy atom. The van der Waals surface area contributed by atoms with Gasteiger partial charge in [-0.05, 0) is 49.2 Å². The highest BCUT2D eigenvalue weighted by molar-refractivity contribution is 7.19.